The fourth-order valence-corrected chi connectivity index (χ4v) is 3.12. The molecule has 1 amide bonds. The Morgan fingerprint density at radius 2 is 2.10 bits per heavy atom. The van der Waals surface area contributed by atoms with Crippen molar-refractivity contribution in [3.05, 3.63) is 65.8 Å². The van der Waals surface area contributed by atoms with Gasteiger partial charge < -0.3 is 14.6 Å². The Labute approximate surface area is 181 Å². The first-order valence-corrected chi connectivity index (χ1v) is 10.2. The van der Waals surface area contributed by atoms with E-state index in [9.17, 15) is 4.79 Å². The van der Waals surface area contributed by atoms with Crippen LogP contribution < -0.4 is 5.32 Å². The Morgan fingerprint density at radius 3 is 2.77 bits per heavy atom. The van der Waals surface area contributed by atoms with Gasteiger partial charge in [-0.3, -0.25) is 9.78 Å². The number of hydrogen-bond donors (Lipinski definition) is 1. The van der Waals surface area contributed by atoms with Crippen molar-refractivity contribution >= 4 is 23.6 Å². The molecule has 0 atom stereocenters. The fourth-order valence-electron chi connectivity index (χ4n) is 2.93. The minimum absolute atomic E-state index is 0.0663. The van der Waals surface area contributed by atoms with Crippen LogP contribution in [0.1, 0.15) is 26.5 Å². The van der Waals surface area contributed by atoms with Gasteiger partial charge in [0, 0.05) is 34.6 Å². The van der Waals surface area contributed by atoms with Gasteiger partial charge in [0.2, 0.25) is 5.91 Å². The van der Waals surface area contributed by atoms with Crippen LogP contribution in [0.3, 0.4) is 0 Å². The van der Waals surface area contributed by atoms with Gasteiger partial charge >= 0.3 is 0 Å². The average molecular weight is 425 g/mol. The fraction of sp³-hybridized carbons (Fsp3) is 0.261. The zero-order valence-electron chi connectivity index (χ0n) is 17.3. The highest BCUT2D eigenvalue weighted by Gasteiger charge is 2.15. The Hall–Kier alpha value is -3.12. The van der Waals surface area contributed by atoms with Crippen molar-refractivity contribution < 1.29 is 9.53 Å². The van der Waals surface area contributed by atoms with Gasteiger partial charge in [0.25, 0.3) is 0 Å². The molecule has 7 heteroatoms. The van der Waals surface area contributed by atoms with Crippen LogP contribution in [0.2, 0.25) is 5.02 Å². The predicted molar refractivity (Wildman–Crippen MR) is 120 cm³/mol. The van der Waals surface area contributed by atoms with E-state index in [1.54, 1.807) is 18.5 Å². The summed E-state index contributed by atoms with van der Waals surface area (Å²) in [6.45, 7) is 6.57. The first kappa shape index (κ1) is 21.6. The number of nitrogens with one attached hydrogen (secondary N) is 1. The number of nitrogens with zero attached hydrogens (tertiary/aromatic N) is 3. The zero-order chi connectivity index (χ0) is 21.5. The number of benzene rings is 1. The van der Waals surface area contributed by atoms with Crippen LogP contribution >= 0.6 is 11.6 Å². The standard InChI is InChI=1S/C23H25ClN4O2/c1-4-30-11-10-20-9-8-18(13-25-20)21-14-28(15-22(29)26-16(2)3)23(27-21)17-6-5-7-19(24)12-17/h5-14,16H,4,15H2,1-3H3,(H,26,29). The average Bonchev–Trinajstić information content (AvgIpc) is 3.11. The number of hydrogen-bond acceptors (Lipinski definition) is 4. The summed E-state index contributed by atoms with van der Waals surface area (Å²) in [5.41, 5.74) is 3.22. The summed E-state index contributed by atoms with van der Waals surface area (Å²) >= 11 is 6.17. The molecule has 0 radical (unpaired) electrons. The van der Waals surface area contributed by atoms with Gasteiger partial charge in [0.15, 0.2) is 0 Å². The Kier molecular flexibility index (Phi) is 7.25. The number of carbonyl (C=O) groups is 1. The summed E-state index contributed by atoms with van der Waals surface area (Å²) in [6, 6.07) is 11.3. The number of carbonyl (C=O) groups excluding carboxylic acids is 1. The monoisotopic (exact) mass is 424 g/mol. The summed E-state index contributed by atoms with van der Waals surface area (Å²) in [4.78, 5) is 21.6. The van der Waals surface area contributed by atoms with Crippen molar-refractivity contribution in [3.8, 4) is 22.6 Å². The maximum atomic E-state index is 12.4. The van der Waals surface area contributed by atoms with Crippen molar-refractivity contribution in [2.75, 3.05) is 6.61 Å². The van der Waals surface area contributed by atoms with Gasteiger partial charge in [-0.1, -0.05) is 23.7 Å². The molecule has 0 saturated carbocycles. The van der Waals surface area contributed by atoms with Crippen LogP contribution in [0, 0.1) is 0 Å². The van der Waals surface area contributed by atoms with Crippen LogP contribution in [0.25, 0.3) is 28.7 Å². The van der Waals surface area contributed by atoms with E-state index in [0.29, 0.717) is 17.5 Å². The van der Waals surface area contributed by atoms with Crippen LogP contribution in [0.15, 0.2) is 55.1 Å². The van der Waals surface area contributed by atoms with E-state index in [-0.39, 0.29) is 18.5 Å². The molecule has 0 saturated heterocycles. The summed E-state index contributed by atoms with van der Waals surface area (Å²) < 4.78 is 7.04. The van der Waals surface area contributed by atoms with Gasteiger partial charge in [0.05, 0.1) is 24.3 Å². The maximum Gasteiger partial charge on any atom is 0.240 e. The molecule has 2 aromatic heterocycles. The molecule has 0 spiro atoms. The summed E-state index contributed by atoms with van der Waals surface area (Å²) in [7, 11) is 0. The third-order valence-electron chi connectivity index (χ3n) is 4.21. The van der Waals surface area contributed by atoms with Crippen molar-refractivity contribution in [3.63, 3.8) is 0 Å². The predicted octanol–water partition coefficient (Wildman–Crippen LogP) is 4.80. The molecule has 2 heterocycles. The molecule has 0 aliphatic heterocycles. The highest BCUT2D eigenvalue weighted by molar-refractivity contribution is 6.30. The molecule has 0 aliphatic rings. The Morgan fingerprint density at radius 1 is 1.27 bits per heavy atom. The normalized spacial score (nSPS) is 11.2. The van der Waals surface area contributed by atoms with E-state index in [1.807, 2.05) is 67.9 Å². The van der Waals surface area contributed by atoms with E-state index in [2.05, 4.69) is 10.3 Å². The number of halogens is 1. The van der Waals surface area contributed by atoms with Crippen LogP contribution in [0.5, 0.6) is 0 Å². The van der Waals surface area contributed by atoms with Gasteiger partial charge in [-0.05, 0) is 51.1 Å². The highest BCUT2D eigenvalue weighted by atomic mass is 35.5. The van der Waals surface area contributed by atoms with Crippen LogP contribution in [-0.2, 0) is 16.1 Å². The molecule has 1 aromatic carbocycles. The lowest BCUT2D eigenvalue weighted by Crippen LogP contribution is -2.33. The molecule has 1 N–H and O–H groups in total. The summed E-state index contributed by atoms with van der Waals surface area (Å²) in [5, 5.41) is 3.53. The number of aromatic nitrogens is 3. The molecule has 0 aliphatic carbocycles. The van der Waals surface area contributed by atoms with Gasteiger partial charge in [0.1, 0.15) is 12.4 Å². The second-order valence-corrected chi connectivity index (χ2v) is 7.48. The molecule has 3 rings (SSSR count). The van der Waals surface area contributed by atoms with Crippen molar-refractivity contribution in [1.29, 1.82) is 0 Å². The van der Waals surface area contributed by atoms with E-state index in [1.165, 1.54) is 0 Å². The summed E-state index contributed by atoms with van der Waals surface area (Å²) in [6.07, 6.45) is 7.05. The molecular weight excluding hydrogens is 400 g/mol. The topological polar surface area (TPSA) is 69.0 Å². The van der Waals surface area contributed by atoms with Gasteiger partial charge in [-0.15, -0.1) is 0 Å². The Balaban J connectivity index is 1.93. The molecule has 3 aromatic rings. The maximum absolute atomic E-state index is 12.4. The minimum Gasteiger partial charge on any atom is -0.501 e. The number of amides is 1. The van der Waals surface area contributed by atoms with Crippen LogP contribution in [0.4, 0.5) is 0 Å². The number of rotatable bonds is 8. The summed E-state index contributed by atoms with van der Waals surface area (Å²) in [5.74, 6) is 0.596. The molecule has 0 fully saturated rings. The quantitative estimate of drug-likeness (QED) is 0.527. The van der Waals surface area contributed by atoms with Gasteiger partial charge in [-0.25, -0.2) is 4.98 Å². The zero-order valence-corrected chi connectivity index (χ0v) is 18.1. The lowest BCUT2D eigenvalue weighted by atomic mass is 10.2. The lowest BCUT2D eigenvalue weighted by Gasteiger charge is -2.11. The Bertz CT molecular complexity index is 1030. The molecule has 6 nitrogen and oxygen atoms in total. The third kappa shape index (κ3) is 5.70. The largest absolute Gasteiger partial charge is 0.501 e. The van der Waals surface area contributed by atoms with Gasteiger partial charge in [-0.2, -0.15) is 0 Å². The second kappa shape index (κ2) is 10.1. The van der Waals surface area contributed by atoms with E-state index >= 15 is 0 Å². The third-order valence-corrected chi connectivity index (χ3v) is 4.44. The minimum atomic E-state index is -0.0771. The number of pyridine rings is 1. The smallest absolute Gasteiger partial charge is 0.240 e. The van der Waals surface area contributed by atoms with Crippen molar-refractivity contribution in [2.45, 2.75) is 33.4 Å². The molecule has 0 unspecified atom stereocenters. The molecule has 0 bridgehead atoms. The second-order valence-electron chi connectivity index (χ2n) is 7.04. The van der Waals surface area contributed by atoms with Crippen molar-refractivity contribution in [1.82, 2.24) is 19.9 Å². The van der Waals surface area contributed by atoms with Crippen LogP contribution in [-0.4, -0.2) is 33.1 Å². The first-order chi connectivity index (χ1) is 14.5. The van der Waals surface area contributed by atoms with E-state index in [0.717, 1.165) is 22.5 Å². The van der Waals surface area contributed by atoms with E-state index in [4.69, 9.17) is 21.3 Å². The number of imidazole rings is 1. The molecular formula is C23H25ClN4O2. The van der Waals surface area contributed by atoms with Crippen molar-refractivity contribution in [2.24, 2.45) is 0 Å². The highest BCUT2D eigenvalue weighted by Crippen LogP contribution is 2.26. The molecule has 156 valence electrons. The first-order valence-electron chi connectivity index (χ1n) is 9.83. The SMILES string of the molecule is CCOC=Cc1ccc(-c2cn(CC(=O)NC(C)C)c(-c3cccc(Cl)c3)n2)cn1. The van der Waals surface area contributed by atoms with E-state index < -0.39 is 0 Å². The lowest BCUT2D eigenvalue weighted by molar-refractivity contribution is -0.122. The molecule has 30 heavy (non-hydrogen) atoms. The number of ether oxygens (including phenoxy) is 1.